The van der Waals surface area contributed by atoms with Crippen LogP contribution in [0.15, 0.2) is 18.2 Å². The van der Waals surface area contributed by atoms with Crippen LogP contribution >= 0.6 is 0 Å². The lowest BCUT2D eigenvalue weighted by molar-refractivity contribution is 0.0293. The first-order chi connectivity index (χ1) is 11.5. The normalized spacial score (nSPS) is 20.9. The van der Waals surface area contributed by atoms with Gasteiger partial charge < -0.3 is 15.0 Å². The number of hydrogen-bond donors (Lipinski definition) is 1. The molecule has 1 heterocycles. The van der Waals surface area contributed by atoms with Gasteiger partial charge in [-0.15, -0.1) is 0 Å². The van der Waals surface area contributed by atoms with Crippen molar-refractivity contribution in [2.45, 2.75) is 51.2 Å². The molecule has 0 radical (unpaired) electrons. The molecule has 0 aromatic heterocycles. The predicted molar refractivity (Wildman–Crippen MR) is 88.9 cm³/mol. The summed E-state index contributed by atoms with van der Waals surface area (Å²) in [7, 11) is 1.71. The number of rotatable bonds is 6. The molecule has 1 aromatic carbocycles. The Morgan fingerprint density at radius 1 is 1.33 bits per heavy atom. The Labute approximate surface area is 142 Å². The van der Waals surface area contributed by atoms with Gasteiger partial charge >= 0.3 is 6.03 Å². The number of amides is 2. The number of carbonyl (C=O) groups is 1. The topological polar surface area (TPSA) is 41.6 Å². The van der Waals surface area contributed by atoms with Gasteiger partial charge in [0, 0.05) is 26.2 Å². The molecule has 2 amide bonds. The second-order valence-electron chi connectivity index (χ2n) is 6.36. The van der Waals surface area contributed by atoms with Gasteiger partial charge in [0.05, 0.1) is 6.10 Å². The molecule has 1 aromatic rings. The number of ether oxygens (including phenoxy) is 1. The van der Waals surface area contributed by atoms with Crippen molar-refractivity contribution in [3.63, 3.8) is 0 Å². The number of piperidine rings is 1. The minimum absolute atomic E-state index is 0.0371. The third-order valence-corrected chi connectivity index (χ3v) is 4.57. The quantitative estimate of drug-likeness (QED) is 0.806. The minimum atomic E-state index is -0.822. The second kappa shape index (κ2) is 8.97. The fraction of sp³-hybridized carbons (Fsp3) is 0.611. The molecule has 1 aliphatic rings. The van der Waals surface area contributed by atoms with Gasteiger partial charge in [-0.25, -0.2) is 13.6 Å². The van der Waals surface area contributed by atoms with Crippen LogP contribution in [-0.4, -0.2) is 43.3 Å². The van der Waals surface area contributed by atoms with Gasteiger partial charge in [0.25, 0.3) is 0 Å². The molecule has 0 bridgehead atoms. The average Bonchev–Trinajstić information content (AvgIpc) is 2.57. The van der Waals surface area contributed by atoms with Crippen LogP contribution < -0.4 is 5.32 Å². The van der Waals surface area contributed by atoms with Gasteiger partial charge in [-0.1, -0.05) is 6.07 Å². The maximum Gasteiger partial charge on any atom is 0.317 e. The Kier molecular flexibility index (Phi) is 6.97. The van der Waals surface area contributed by atoms with Crippen LogP contribution in [0.4, 0.5) is 13.6 Å². The lowest BCUT2D eigenvalue weighted by Gasteiger charge is -2.37. The van der Waals surface area contributed by atoms with E-state index in [2.05, 4.69) is 5.32 Å². The van der Waals surface area contributed by atoms with Crippen molar-refractivity contribution in [2.75, 3.05) is 20.2 Å². The van der Waals surface area contributed by atoms with E-state index in [1.165, 1.54) is 6.07 Å². The number of likely N-dealkylation sites (tertiary alicyclic amines) is 1. The zero-order chi connectivity index (χ0) is 17.5. The molecule has 4 nitrogen and oxygen atoms in total. The molecule has 2 rings (SSSR count). The molecule has 24 heavy (non-hydrogen) atoms. The van der Waals surface area contributed by atoms with Crippen LogP contribution in [0.2, 0.25) is 0 Å². The van der Waals surface area contributed by atoms with E-state index in [0.717, 1.165) is 37.3 Å². The summed E-state index contributed by atoms with van der Waals surface area (Å²) in [5, 5.41) is 2.93. The number of aryl methyl sites for hydroxylation is 1. The van der Waals surface area contributed by atoms with Gasteiger partial charge in [0.2, 0.25) is 0 Å². The van der Waals surface area contributed by atoms with E-state index in [0.29, 0.717) is 19.5 Å². The van der Waals surface area contributed by atoms with Crippen LogP contribution in [0.5, 0.6) is 0 Å². The van der Waals surface area contributed by atoms with E-state index >= 15 is 0 Å². The maximum absolute atomic E-state index is 13.1. The highest BCUT2D eigenvalue weighted by Gasteiger charge is 2.28. The average molecular weight is 340 g/mol. The number of halogens is 2. The van der Waals surface area contributed by atoms with Crippen LogP contribution in [0.25, 0.3) is 0 Å². The summed E-state index contributed by atoms with van der Waals surface area (Å²) in [6.45, 7) is 3.33. The van der Waals surface area contributed by atoms with Crippen molar-refractivity contribution in [3.05, 3.63) is 35.4 Å². The molecule has 0 aliphatic carbocycles. The molecule has 0 unspecified atom stereocenters. The van der Waals surface area contributed by atoms with E-state index in [1.807, 2.05) is 11.8 Å². The van der Waals surface area contributed by atoms with Crippen molar-refractivity contribution in [2.24, 2.45) is 0 Å². The summed E-state index contributed by atoms with van der Waals surface area (Å²) in [6, 6.07) is 4.11. The first kappa shape index (κ1) is 18.6. The lowest BCUT2D eigenvalue weighted by atomic mass is 10.0. The van der Waals surface area contributed by atoms with Gasteiger partial charge in [0.1, 0.15) is 0 Å². The second-order valence-corrected chi connectivity index (χ2v) is 6.36. The third-order valence-electron chi connectivity index (χ3n) is 4.57. The van der Waals surface area contributed by atoms with E-state index in [4.69, 9.17) is 4.74 Å². The van der Waals surface area contributed by atoms with Crippen LogP contribution in [0.1, 0.15) is 38.2 Å². The van der Waals surface area contributed by atoms with E-state index in [-0.39, 0.29) is 18.2 Å². The minimum Gasteiger partial charge on any atom is -0.381 e. The predicted octanol–water partition coefficient (Wildman–Crippen LogP) is 3.50. The van der Waals surface area contributed by atoms with Crippen molar-refractivity contribution in [1.82, 2.24) is 10.2 Å². The number of nitrogens with zero attached hydrogens (tertiary/aromatic N) is 1. The van der Waals surface area contributed by atoms with E-state index < -0.39 is 11.6 Å². The summed E-state index contributed by atoms with van der Waals surface area (Å²) in [5.74, 6) is -1.63. The van der Waals surface area contributed by atoms with E-state index in [1.54, 1.807) is 13.2 Å². The summed E-state index contributed by atoms with van der Waals surface area (Å²) in [6.07, 6.45) is 4.24. The molecule has 2 atom stereocenters. The van der Waals surface area contributed by atoms with Crippen LogP contribution in [0.3, 0.4) is 0 Å². The number of unbranched alkanes of at least 4 members (excludes halogenated alkanes) is 1. The standard InChI is InChI=1S/C18H26F2N2O2/c1-13-11-15(24-2)8-10-22(13)18(23)21-9-4-3-5-14-6-7-16(19)17(20)12-14/h6-7,12-13,15H,3-5,8-11H2,1-2H3,(H,21,23)/t13-,15+/m0/s1. The maximum atomic E-state index is 13.1. The van der Waals surface area contributed by atoms with Gasteiger partial charge in [-0.2, -0.15) is 0 Å². The van der Waals surface area contributed by atoms with Crippen LogP contribution in [0, 0.1) is 11.6 Å². The zero-order valence-electron chi connectivity index (χ0n) is 14.4. The number of nitrogens with one attached hydrogen (secondary N) is 1. The van der Waals surface area contributed by atoms with Crippen molar-refractivity contribution < 1.29 is 18.3 Å². The number of benzene rings is 1. The molecule has 0 saturated carbocycles. The number of hydrogen-bond acceptors (Lipinski definition) is 2. The monoisotopic (exact) mass is 340 g/mol. The largest absolute Gasteiger partial charge is 0.381 e. The molecular formula is C18H26F2N2O2. The van der Waals surface area contributed by atoms with Crippen LogP contribution in [-0.2, 0) is 11.2 Å². The molecule has 134 valence electrons. The molecule has 1 fully saturated rings. The number of urea groups is 1. The Morgan fingerprint density at radius 2 is 2.12 bits per heavy atom. The first-order valence-electron chi connectivity index (χ1n) is 8.52. The Bertz CT molecular complexity index is 554. The fourth-order valence-electron chi connectivity index (χ4n) is 3.09. The summed E-state index contributed by atoms with van der Waals surface area (Å²) >= 11 is 0. The third kappa shape index (κ3) is 5.16. The van der Waals surface area contributed by atoms with Gasteiger partial charge in [-0.05, 0) is 56.7 Å². The highest BCUT2D eigenvalue weighted by Crippen LogP contribution is 2.19. The molecular weight excluding hydrogens is 314 g/mol. The summed E-state index contributed by atoms with van der Waals surface area (Å²) in [5.41, 5.74) is 0.774. The summed E-state index contributed by atoms with van der Waals surface area (Å²) < 4.78 is 31.3. The smallest absolute Gasteiger partial charge is 0.317 e. The number of carbonyl (C=O) groups excluding carboxylic acids is 1. The summed E-state index contributed by atoms with van der Waals surface area (Å²) in [4.78, 5) is 14.1. The molecule has 6 heteroatoms. The van der Waals surface area contributed by atoms with Gasteiger partial charge in [0.15, 0.2) is 11.6 Å². The molecule has 0 spiro atoms. The molecule has 1 saturated heterocycles. The zero-order valence-corrected chi connectivity index (χ0v) is 14.4. The van der Waals surface area contributed by atoms with Crippen molar-refractivity contribution in [1.29, 1.82) is 0 Å². The Hall–Kier alpha value is -1.69. The van der Waals surface area contributed by atoms with E-state index in [9.17, 15) is 13.6 Å². The lowest BCUT2D eigenvalue weighted by Crippen LogP contribution is -2.50. The van der Waals surface area contributed by atoms with Crippen molar-refractivity contribution >= 4 is 6.03 Å². The number of methoxy groups -OCH3 is 1. The Balaban J connectivity index is 1.65. The van der Waals surface area contributed by atoms with Crippen molar-refractivity contribution in [3.8, 4) is 0 Å². The molecule has 1 N–H and O–H groups in total. The molecule has 1 aliphatic heterocycles. The van der Waals surface area contributed by atoms with Gasteiger partial charge in [-0.3, -0.25) is 0 Å². The fourth-order valence-corrected chi connectivity index (χ4v) is 3.09. The highest BCUT2D eigenvalue weighted by molar-refractivity contribution is 5.74. The first-order valence-corrected chi connectivity index (χ1v) is 8.52. The Morgan fingerprint density at radius 3 is 2.79 bits per heavy atom. The highest BCUT2D eigenvalue weighted by atomic mass is 19.2. The SMILES string of the molecule is CO[C@@H]1CCN(C(=O)NCCCCc2ccc(F)c(F)c2)[C@@H](C)C1.